The van der Waals surface area contributed by atoms with Crippen molar-refractivity contribution in [3.8, 4) is 0 Å². The Labute approximate surface area is 177 Å². The molecule has 2 atom stereocenters. The lowest BCUT2D eigenvalue weighted by molar-refractivity contribution is -0.155. The van der Waals surface area contributed by atoms with Crippen LogP contribution in [-0.4, -0.2) is 36.7 Å². The first kappa shape index (κ1) is 22.0. The number of hydrogen-bond donors (Lipinski definition) is 0. The van der Waals surface area contributed by atoms with Crippen LogP contribution in [0.25, 0.3) is 0 Å². The van der Waals surface area contributed by atoms with Gasteiger partial charge in [0.25, 0.3) is 10.0 Å². The van der Waals surface area contributed by atoms with Gasteiger partial charge >= 0.3 is 5.97 Å². The van der Waals surface area contributed by atoms with Crippen molar-refractivity contribution in [1.29, 1.82) is 0 Å². The van der Waals surface area contributed by atoms with Crippen LogP contribution in [0.3, 0.4) is 0 Å². The third-order valence-corrected chi connectivity index (χ3v) is 7.82. The first-order valence-electron chi connectivity index (χ1n) is 9.92. The highest BCUT2D eigenvalue weighted by Crippen LogP contribution is 2.46. The molecule has 1 aliphatic heterocycles. The molecule has 1 saturated heterocycles. The zero-order valence-electron chi connectivity index (χ0n) is 17.9. The van der Waals surface area contributed by atoms with Crippen LogP contribution in [-0.2, 0) is 24.3 Å². The molecule has 7 heteroatoms. The second kappa shape index (κ2) is 7.87. The van der Waals surface area contributed by atoms with E-state index in [2.05, 4.69) is 0 Å². The Morgan fingerprint density at radius 3 is 2.30 bits per heavy atom. The minimum Gasteiger partial charge on any atom is -0.464 e. The smallest absolute Gasteiger partial charge is 0.333 e. The number of ether oxygens (including phenoxy) is 1. The van der Waals surface area contributed by atoms with Crippen molar-refractivity contribution in [2.45, 2.75) is 57.4 Å². The van der Waals surface area contributed by atoms with Crippen molar-refractivity contribution in [1.82, 2.24) is 4.31 Å². The van der Waals surface area contributed by atoms with Crippen LogP contribution in [0.5, 0.6) is 0 Å². The van der Waals surface area contributed by atoms with E-state index in [1.165, 1.54) is 19.1 Å². The number of amides is 1. The fourth-order valence-electron chi connectivity index (χ4n) is 3.98. The van der Waals surface area contributed by atoms with Crippen LogP contribution in [0.4, 0.5) is 0 Å². The second-order valence-corrected chi connectivity index (χ2v) is 9.73. The van der Waals surface area contributed by atoms with Crippen molar-refractivity contribution in [3.05, 3.63) is 64.7 Å². The predicted octanol–water partition coefficient (Wildman–Crippen LogP) is 3.64. The highest BCUT2D eigenvalue weighted by atomic mass is 32.2. The summed E-state index contributed by atoms with van der Waals surface area (Å²) in [4.78, 5) is 26.1. The van der Waals surface area contributed by atoms with E-state index in [4.69, 9.17) is 4.74 Å². The minimum absolute atomic E-state index is 0.0299. The molecule has 1 aliphatic rings. The molecule has 0 N–H and O–H groups in total. The molecule has 160 valence electrons. The molecule has 30 heavy (non-hydrogen) atoms. The van der Waals surface area contributed by atoms with E-state index in [9.17, 15) is 18.0 Å². The van der Waals surface area contributed by atoms with Gasteiger partial charge in [-0.15, -0.1) is 0 Å². The zero-order chi connectivity index (χ0) is 22.3. The molecular weight excluding hydrogens is 402 g/mol. The molecule has 1 heterocycles. The van der Waals surface area contributed by atoms with Gasteiger partial charge < -0.3 is 4.74 Å². The highest BCUT2D eigenvalue weighted by Gasteiger charge is 2.61. The monoisotopic (exact) mass is 429 g/mol. The number of esters is 1. The third-order valence-electron chi connectivity index (χ3n) is 5.89. The largest absolute Gasteiger partial charge is 0.464 e. The normalized spacial score (nSPS) is 21.7. The van der Waals surface area contributed by atoms with Gasteiger partial charge in [0.2, 0.25) is 5.91 Å². The summed E-state index contributed by atoms with van der Waals surface area (Å²) >= 11 is 0. The van der Waals surface area contributed by atoms with Gasteiger partial charge in [-0.3, -0.25) is 4.79 Å². The minimum atomic E-state index is -4.25. The number of aryl methyl sites for hydroxylation is 3. The van der Waals surface area contributed by atoms with E-state index in [1.807, 2.05) is 39.0 Å². The summed E-state index contributed by atoms with van der Waals surface area (Å²) in [5, 5.41) is 0. The van der Waals surface area contributed by atoms with Crippen molar-refractivity contribution < 1.29 is 22.7 Å². The van der Waals surface area contributed by atoms with E-state index >= 15 is 0 Å². The van der Waals surface area contributed by atoms with Gasteiger partial charge in [0, 0.05) is 12.3 Å². The summed E-state index contributed by atoms with van der Waals surface area (Å²) in [6.45, 7) is 8.98. The Balaban J connectivity index is 2.18. The fourth-order valence-corrected chi connectivity index (χ4v) is 5.72. The summed E-state index contributed by atoms with van der Waals surface area (Å²) in [5.74, 6) is -1.99. The summed E-state index contributed by atoms with van der Waals surface area (Å²) in [6.07, 6.45) is -0.0943. The summed E-state index contributed by atoms with van der Waals surface area (Å²) in [6, 6.07) is 11.9. The molecule has 0 spiro atoms. The number of rotatable bonds is 5. The molecular formula is C23H27NO5S. The highest BCUT2D eigenvalue weighted by molar-refractivity contribution is 7.89. The van der Waals surface area contributed by atoms with Crippen LogP contribution < -0.4 is 0 Å². The summed E-state index contributed by atoms with van der Waals surface area (Å²) in [5.41, 5.74) is 2.03. The molecule has 3 rings (SSSR count). The lowest BCUT2D eigenvalue weighted by atomic mass is 9.81. The molecule has 0 aliphatic carbocycles. The SMILES string of the molecule is CCOC(=O)[C@]1(C)[C@@H](c2ccc(C)c(C)c2)CC(=O)N1S(=O)(=O)c1ccc(C)cc1. The van der Waals surface area contributed by atoms with Gasteiger partial charge in [-0.05, 0) is 63.4 Å². The van der Waals surface area contributed by atoms with Gasteiger partial charge in [0.1, 0.15) is 0 Å². The Hall–Kier alpha value is -2.67. The van der Waals surface area contributed by atoms with Crippen LogP contribution in [0.2, 0.25) is 0 Å². The Kier molecular flexibility index (Phi) is 5.78. The first-order chi connectivity index (χ1) is 14.0. The van der Waals surface area contributed by atoms with Gasteiger partial charge in [-0.1, -0.05) is 35.9 Å². The van der Waals surface area contributed by atoms with Crippen LogP contribution in [0.15, 0.2) is 47.4 Å². The van der Waals surface area contributed by atoms with Crippen LogP contribution in [0.1, 0.15) is 48.4 Å². The third kappa shape index (κ3) is 3.51. The number of sulfonamides is 1. The fraction of sp³-hybridized carbons (Fsp3) is 0.391. The van der Waals surface area contributed by atoms with Crippen LogP contribution >= 0.6 is 0 Å². The molecule has 0 bridgehead atoms. The van der Waals surface area contributed by atoms with Gasteiger partial charge in [-0.25, -0.2) is 17.5 Å². The van der Waals surface area contributed by atoms with Crippen molar-refractivity contribution in [2.24, 2.45) is 0 Å². The summed E-state index contributed by atoms with van der Waals surface area (Å²) < 4.78 is 33.0. The molecule has 0 radical (unpaired) electrons. The average Bonchev–Trinajstić information content (AvgIpc) is 2.97. The number of hydrogen-bond acceptors (Lipinski definition) is 5. The maximum Gasteiger partial charge on any atom is 0.333 e. The number of carbonyl (C=O) groups is 2. The molecule has 2 aromatic carbocycles. The lowest BCUT2D eigenvalue weighted by Crippen LogP contribution is -2.55. The van der Waals surface area contributed by atoms with Crippen molar-refractivity contribution in [3.63, 3.8) is 0 Å². The van der Waals surface area contributed by atoms with Gasteiger partial charge in [0.15, 0.2) is 5.54 Å². The van der Waals surface area contributed by atoms with Gasteiger partial charge in [-0.2, -0.15) is 0 Å². The Bertz CT molecular complexity index is 1090. The molecule has 1 fully saturated rings. The predicted molar refractivity (Wildman–Crippen MR) is 114 cm³/mol. The van der Waals surface area contributed by atoms with E-state index in [1.54, 1.807) is 19.1 Å². The maximum atomic E-state index is 13.5. The topological polar surface area (TPSA) is 80.8 Å². The van der Waals surface area contributed by atoms with Gasteiger partial charge in [0.05, 0.1) is 11.5 Å². The van der Waals surface area contributed by atoms with E-state index < -0.39 is 33.4 Å². The number of carbonyl (C=O) groups excluding carboxylic acids is 2. The van der Waals surface area contributed by atoms with Crippen LogP contribution in [0, 0.1) is 20.8 Å². The summed E-state index contributed by atoms with van der Waals surface area (Å²) in [7, 11) is -4.25. The quantitative estimate of drug-likeness (QED) is 0.678. The number of benzene rings is 2. The molecule has 0 saturated carbocycles. The Morgan fingerprint density at radius 2 is 1.73 bits per heavy atom. The molecule has 6 nitrogen and oxygen atoms in total. The molecule has 1 amide bonds. The Morgan fingerprint density at radius 1 is 1.10 bits per heavy atom. The van der Waals surface area contributed by atoms with E-state index in [0.29, 0.717) is 0 Å². The number of nitrogens with zero attached hydrogens (tertiary/aromatic N) is 1. The molecule has 0 aromatic heterocycles. The average molecular weight is 430 g/mol. The lowest BCUT2D eigenvalue weighted by Gasteiger charge is -2.36. The molecule has 2 aromatic rings. The van der Waals surface area contributed by atoms with E-state index in [-0.39, 0.29) is 17.9 Å². The second-order valence-electron chi connectivity index (χ2n) is 7.94. The van der Waals surface area contributed by atoms with E-state index in [0.717, 1.165) is 26.6 Å². The molecule has 0 unspecified atom stereocenters. The standard InChI is InChI=1S/C23H27NO5S/c1-6-29-22(26)23(5)20(18-10-9-16(3)17(4)13-18)14-21(25)24(23)30(27,28)19-11-7-15(2)8-12-19/h7-13,20H,6,14H2,1-5H3/t20-,23+/m1/s1. The van der Waals surface area contributed by atoms with Crippen molar-refractivity contribution in [2.75, 3.05) is 6.61 Å². The maximum absolute atomic E-state index is 13.5. The first-order valence-corrected chi connectivity index (χ1v) is 11.4. The zero-order valence-corrected chi connectivity index (χ0v) is 18.7. The van der Waals surface area contributed by atoms with Crippen molar-refractivity contribution >= 4 is 21.9 Å².